The maximum absolute atomic E-state index is 12.4. The van der Waals surface area contributed by atoms with Crippen LogP contribution in [0.5, 0.6) is 5.75 Å². The lowest BCUT2D eigenvalue weighted by Crippen LogP contribution is -2.18. The van der Waals surface area contributed by atoms with E-state index in [1.54, 1.807) is 24.4 Å². The van der Waals surface area contributed by atoms with Crippen LogP contribution in [-0.4, -0.2) is 11.3 Å². The first-order valence-electron chi connectivity index (χ1n) is 4.93. The number of aryl methyl sites for hydroxylation is 1. The van der Waals surface area contributed by atoms with Crippen molar-refractivity contribution in [2.24, 2.45) is 0 Å². The first-order chi connectivity index (χ1) is 8.37. The van der Waals surface area contributed by atoms with Gasteiger partial charge in [-0.3, -0.25) is 0 Å². The molecule has 2 aromatic rings. The normalized spacial score (nSPS) is 11.6. The number of aromatic nitrogens is 1. The Bertz CT molecular complexity index is 566. The smallest absolute Gasteiger partial charge is 0.405 e. The molecule has 2 rings (SSSR count). The number of para-hydroxylation sites is 1. The molecule has 0 bridgehead atoms. The maximum Gasteiger partial charge on any atom is 0.573 e. The van der Waals surface area contributed by atoms with Crippen molar-refractivity contribution >= 4 is 16.5 Å². The third kappa shape index (κ3) is 2.73. The second-order valence-corrected chi connectivity index (χ2v) is 4.46. The van der Waals surface area contributed by atoms with E-state index in [2.05, 4.69) is 9.72 Å². The largest absolute Gasteiger partial charge is 0.573 e. The number of hydrogen-bond donors (Lipinski definition) is 1. The van der Waals surface area contributed by atoms with E-state index in [4.69, 9.17) is 5.73 Å². The molecular formula is C11H9F3N2OS. The number of hydrogen-bond acceptors (Lipinski definition) is 4. The summed E-state index contributed by atoms with van der Waals surface area (Å²) in [5.74, 6) is -0.240. The van der Waals surface area contributed by atoms with Crippen LogP contribution in [0, 0.1) is 6.92 Å². The average molecular weight is 274 g/mol. The lowest BCUT2D eigenvalue weighted by Gasteiger charge is -2.14. The fraction of sp³-hybridized carbons (Fsp3) is 0.182. The highest BCUT2D eigenvalue weighted by atomic mass is 32.1. The van der Waals surface area contributed by atoms with Crippen LogP contribution in [0.15, 0.2) is 23.6 Å². The summed E-state index contributed by atoms with van der Waals surface area (Å²) in [5.41, 5.74) is 6.51. The Morgan fingerprint density at radius 2 is 2.06 bits per heavy atom. The van der Waals surface area contributed by atoms with Gasteiger partial charge in [0.2, 0.25) is 0 Å². The number of anilines is 1. The van der Waals surface area contributed by atoms with Crippen LogP contribution in [0.2, 0.25) is 0 Å². The van der Waals surface area contributed by atoms with Gasteiger partial charge in [0.1, 0.15) is 5.75 Å². The summed E-state index contributed by atoms with van der Waals surface area (Å²) in [7, 11) is 0. The van der Waals surface area contributed by atoms with Crippen molar-refractivity contribution < 1.29 is 17.9 Å². The molecule has 0 aliphatic heterocycles. The summed E-state index contributed by atoms with van der Waals surface area (Å²) >= 11 is 1.16. The molecule has 2 N–H and O–H groups in total. The maximum atomic E-state index is 12.4. The third-order valence-electron chi connectivity index (χ3n) is 2.23. The van der Waals surface area contributed by atoms with Crippen LogP contribution in [0.4, 0.5) is 18.3 Å². The molecule has 0 unspecified atom stereocenters. The number of nitrogen functional groups attached to an aromatic ring is 1. The lowest BCUT2D eigenvalue weighted by molar-refractivity contribution is -0.274. The molecule has 3 nitrogen and oxygen atoms in total. The lowest BCUT2D eigenvalue weighted by atomic mass is 10.1. The van der Waals surface area contributed by atoms with Gasteiger partial charge in [0.05, 0.1) is 5.69 Å². The topological polar surface area (TPSA) is 48.1 Å². The predicted octanol–water partition coefficient (Wildman–Crippen LogP) is 3.60. The van der Waals surface area contributed by atoms with Gasteiger partial charge >= 0.3 is 6.36 Å². The monoisotopic (exact) mass is 274 g/mol. The van der Waals surface area contributed by atoms with Crippen molar-refractivity contribution in [3.05, 3.63) is 29.1 Å². The van der Waals surface area contributed by atoms with Crippen LogP contribution in [-0.2, 0) is 0 Å². The molecule has 1 aromatic carbocycles. The van der Waals surface area contributed by atoms with Crippen LogP contribution >= 0.6 is 11.3 Å². The minimum Gasteiger partial charge on any atom is -0.405 e. The number of ether oxygens (including phenoxy) is 1. The van der Waals surface area contributed by atoms with Gasteiger partial charge in [0.15, 0.2) is 5.13 Å². The van der Waals surface area contributed by atoms with Gasteiger partial charge in [0.25, 0.3) is 0 Å². The highest BCUT2D eigenvalue weighted by Gasteiger charge is 2.33. The molecule has 0 amide bonds. The number of rotatable bonds is 2. The van der Waals surface area contributed by atoms with Crippen molar-refractivity contribution in [1.82, 2.24) is 4.98 Å². The second-order valence-electron chi connectivity index (χ2n) is 3.57. The van der Waals surface area contributed by atoms with E-state index >= 15 is 0 Å². The summed E-state index contributed by atoms with van der Waals surface area (Å²) in [6.45, 7) is 1.54. The van der Waals surface area contributed by atoms with Gasteiger partial charge in [-0.1, -0.05) is 12.1 Å². The Labute approximate surface area is 105 Å². The van der Waals surface area contributed by atoms with E-state index in [0.717, 1.165) is 11.3 Å². The van der Waals surface area contributed by atoms with E-state index in [-0.39, 0.29) is 11.3 Å². The number of nitrogens with two attached hydrogens (primary N) is 1. The molecule has 0 aliphatic rings. The van der Waals surface area contributed by atoms with Crippen molar-refractivity contribution in [3.63, 3.8) is 0 Å². The summed E-state index contributed by atoms with van der Waals surface area (Å²) in [6, 6.07) is 4.70. The average Bonchev–Trinajstić information content (AvgIpc) is 2.66. The molecule has 0 atom stereocenters. The molecule has 0 aliphatic carbocycles. The molecular weight excluding hydrogens is 265 g/mol. The van der Waals surface area contributed by atoms with Gasteiger partial charge < -0.3 is 10.5 Å². The second kappa shape index (κ2) is 4.49. The van der Waals surface area contributed by atoms with E-state index in [1.807, 2.05) is 0 Å². The Morgan fingerprint density at radius 1 is 1.33 bits per heavy atom. The van der Waals surface area contributed by atoms with E-state index in [0.29, 0.717) is 16.4 Å². The quantitative estimate of drug-likeness (QED) is 0.910. The van der Waals surface area contributed by atoms with Crippen LogP contribution < -0.4 is 10.5 Å². The standard InChI is InChI=1S/C11H9F3N2OS/c1-6-3-2-4-7(8-5-18-10(15)16-8)9(6)17-11(12,13)14/h2-5H,1H3,(H2,15,16). The first-order valence-corrected chi connectivity index (χ1v) is 5.81. The van der Waals surface area contributed by atoms with Crippen LogP contribution in [0.1, 0.15) is 5.56 Å². The van der Waals surface area contributed by atoms with Gasteiger partial charge in [-0.2, -0.15) is 0 Å². The minimum absolute atomic E-state index is 0.240. The van der Waals surface area contributed by atoms with Gasteiger partial charge in [-0.05, 0) is 18.6 Å². The van der Waals surface area contributed by atoms with Crippen molar-refractivity contribution in [2.45, 2.75) is 13.3 Å². The first kappa shape index (κ1) is 12.7. The Hall–Kier alpha value is -1.76. The van der Waals surface area contributed by atoms with Crippen LogP contribution in [0.3, 0.4) is 0 Å². The molecule has 18 heavy (non-hydrogen) atoms. The number of alkyl halides is 3. The molecule has 1 aromatic heterocycles. The Morgan fingerprint density at radius 3 is 2.61 bits per heavy atom. The van der Waals surface area contributed by atoms with Gasteiger partial charge in [0, 0.05) is 10.9 Å². The molecule has 96 valence electrons. The fourth-order valence-corrected chi connectivity index (χ4v) is 2.08. The molecule has 0 fully saturated rings. The summed E-state index contributed by atoms with van der Waals surface area (Å²) in [5, 5.41) is 1.89. The third-order valence-corrected chi connectivity index (χ3v) is 2.90. The van der Waals surface area contributed by atoms with Crippen molar-refractivity contribution in [3.8, 4) is 17.0 Å². The van der Waals surface area contributed by atoms with E-state index in [1.165, 1.54) is 6.07 Å². The zero-order valence-corrected chi connectivity index (χ0v) is 10.1. The Kier molecular flexibility index (Phi) is 3.16. The molecule has 0 saturated heterocycles. The SMILES string of the molecule is Cc1cccc(-c2csc(N)n2)c1OC(F)(F)F. The molecule has 0 spiro atoms. The molecule has 0 radical (unpaired) electrons. The highest BCUT2D eigenvalue weighted by molar-refractivity contribution is 7.13. The molecule has 0 saturated carbocycles. The van der Waals surface area contributed by atoms with Crippen molar-refractivity contribution in [2.75, 3.05) is 5.73 Å². The highest BCUT2D eigenvalue weighted by Crippen LogP contribution is 2.37. The van der Waals surface area contributed by atoms with Crippen LogP contribution in [0.25, 0.3) is 11.3 Å². The Balaban J connectivity index is 2.50. The number of nitrogens with zero attached hydrogens (tertiary/aromatic N) is 1. The molecule has 7 heteroatoms. The summed E-state index contributed by atoms with van der Waals surface area (Å²) in [6.07, 6.45) is -4.73. The zero-order chi connectivity index (χ0) is 13.3. The minimum atomic E-state index is -4.73. The number of thiazole rings is 1. The summed E-state index contributed by atoms with van der Waals surface area (Å²) in [4.78, 5) is 3.96. The zero-order valence-electron chi connectivity index (χ0n) is 9.28. The molecule has 1 heterocycles. The van der Waals surface area contributed by atoms with Crippen molar-refractivity contribution in [1.29, 1.82) is 0 Å². The number of halogens is 3. The summed E-state index contributed by atoms with van der Waals surface area (Å²) < 4.78 is 41.1. The van der Waals surface area contributed by atoms with E-state index in [9.17, 15) is 13.2 Å². The van der Waals surface area contributed by atoms with Gasteiger partial charge in [-0.15, -0.1) is 24.5 Å². The van der Waals surface area contributed by atoms with Gasteiger partial charge in [-0.25, -0.2) is 4.98 Å². The van der Waals surface area contributed by atoms with E-state index < -0.39 is 6.36 Å². The number of benzene rings is 1. The fourth-order valence-electron chi connectivity index (χ4n) is 1.52. The predicted molar refractivity (Wildman–Crippen MR) is 63.4 cm³/mol.